The first-order valence-corrected chi connectivity index (χ1v) is 7.62. The van der Waals surface area contributed by atoms with Crippen LogP contribution in [0.4, 0.5) is 0 Å². The highest BCUT2D eigenvalue weighted by Gasteiger charge is 2.09. The summed E-state index contributed by atoms with van der Waals surface area (Å²) >= 11 is 5.34. The van der Waals surface area contributed by atoms with Gasteiger partial charge in [0, 0.05) is 5.69 Å². The number of aromatic amines is 1. The molecule has 0 fully saturated rings. The molecule has 0 aliphatic rings. The highest BCUT2D eigenvalue weighted by molar-refractivity contribution is 7.71. The van der Waals surface area contributed by atoms with E-state index in [1.54, 1.807) is 0 Å². The number of para-hydroxylation sites is 1. The molecule has 5 heteroatoms. The number of nitrogens with zero attached hydrogens (tertiary/aromatic N) is 2. The third-order valence-corrected chi connectivity index (χ3v) is 3.73. The van der Waals surface area contributed by atoms with Crippen LogP contribution in [-0.4, -0.2) is 14.8 Å². The zero-order valence-electron chi connectivity index (χ0n) is 12.3. The largest absolute Gasteiger partial charge is 0.486 e. The van der Waals surface area contributed by atoms with Gasteiger partial charge in [-0.25, -0.2) is 0 Å². The molecule has 2 aromatic carbocycles. The van der Waals surface area contributed by atoms with Gasteiger partial charge in [-0.15, -0.1) is 0 Å². The number of ether oxygens (including phenoxy) is 1. The quantitative estimate of drug-likeness (QED) is 0.722. The minimum absolute atomic E-state index is 0.354. The molecule has 1 heterocycles. The second-order valence-corrected chi connectivity index (χ2v) is 5.29. The highest BCUT2D eigenvalue weighted by atomic mass is 32.1. The van der Waals surface area contributed by atoms with Crippen LogP contribution in [0, 0.1) is 4.77 Å². The summed E-state index contributed by atoms with van der Waals surface area (Å²) in [4.78, 5) is 0. The number of hydrogen-bond donors (Lipinski definition) is 1. The monoisotopic (exact) mass is 311 g/mol. The molecule has 1 N–H and O–H groups in total. The number of nitrogens with one attached hydrogen (secondary N) is 1. The van der Waals surface area contributed by atoms with E-state index < -0.39 is 0 Å². The predicted molar refractivity (Wildman–Crippen MR) is 88.9 cm³/mol. The minimum Gasteiger partial charge on any atom is -0.486 e. The number of benzene rings is 2. The van der Waals surface area contributed by atoms with Gasteiger partial charge in [-0.1, -0.05) is 37.3 Å². The highest BCUT2D eigenvalue weighted by Crippen LogP contribution is 2.15. The lowest BCUT2D eigenvalue weighted by atomic mass is 10.1. The van der Waals surface area contributed by atoms with Gasteiger partial charge in [-0.05, 0) is 48.5 Å². The predicted octanol–water partition coefficient (Wildman–Crippen LogP) is 4.07. The summed E-state index contributed by atoms with van der Waals surface area (Å²) in [5, 5.41) is 7.11. The molecular formula is C17H17N3OS. The Hall–Kier alpha value is -2.40. The fraction of sp³-hybridized carbons (Fsp3) is 0.176. The van der Waals surface area contributed by atoms with Crippen molar-refractivity contribution in [3.63, 3.8) is 0 Å². The van der Waals surface area contributed by atoms with E-state index in [1.807, 2.05) is 34.9 Å². The van der Waals surface area contributed by atoms with E-state index in [0.717, 1.165) is 23.7 Å². The van der Waals surface area contributed by atoms with Gasteiger partial charge in [0.2, 0.25) is 0 Å². The van der Waals surface area contributed by atoms with Crippen LogP contribution >= 0.6 is 12.2 Å². The van der Waals surface area contributed by atoms with Crippen molar-refractivity contribution in [3.05, 3.63) is 70.8 Å². The topological polar surface area (TPSA) is 42.8 Å². The Morgan fingerprint density at radius 1 is 1.09 bits per heavy atom. The molecule has 22 heavy (non-hydrogen) atoms. The van der Waals surface area contributed by atoms with Crippen molar-refractivity contribution in [1.29, 1.82) is 0 Å². The normalized spacial score (nSPS) is 10.6. The van der Waals surface area contributed by atoms with E-state index in [4.69, 9.17) is 17.0 Å². The number of H-pyrrole nitrogens is 1. The number of aromatic nitrogens is 3. The molecule has 0 bridgehead atoms. The van der Waals surface area contributed by atoms with Crippen LogP contribution in [0.5, 0.6) is 5.75 Å². The molecule has 3 aromatic rings. The molecule has 3 rings (SSSR count). The average Bonchev–Trinajstić information content (AvgIpc) is 2.95. The first-order valence-electron chi connectivity index (χ1n) is 7.21. The van der Waals surface area contributed by atoms with Gasteiger partial charge in [0.05, 0.1) is 0 Å². The fourth-order valence-corrected chi connectivity index (χ4v) is 2.49. The Morgan fingerprint density at radius 2 is 1.82 bits per heavy atom. The van der Waals surface area contributed by atoms with Gasteiger partial charge in [-0.3, -0.25) is 9.67 Å². The minimum atomic E-state index is 0.354. The zero-order valence-corrected chi connectivity index (χ0v) is 13.1. The van der Waals surface area contributed by atoms with Crippen molar-refractivity contribution in [2.24, 2.45) is 0 Å². The molecule has 0 radical (unpaired) electrons. The Labute approximate surface area is 134 Å². The number of aryl methyl sites for hydroxylation is 1. The standard InChI is InChI=1S/C17H17N3OS/c1-2-13-8-10-14(11-9-13)20-16(18-19-17(20)22)12-21-15-6-4-3-5-7-15/h3-11H,2,12H2,1H3,(H,19,22). The summed E-state index contributed by atoms with van der Waals surface area (Å²) in [5.74, 6) is 1.56. The van der Waals surface area contributed by atoms with Gasteiger partial charge in [0.15, 0.2) is 10.6 Å². The van der Waals surface area contributed by atoms with Crippen molar-refractivity contribution in [1.82, 2.24) is 14.8 Å². The lowest BCUT2D eigenvalue weighted by Crippen LogP contribution is -2.05. The van der Waals surface area contributed by atoms with Gasteiger partial charge >= 0.3 is 0 Å². The number of hydrogen-bond acceptors (Lipinski definition) is 3. The maximum absolute atomic E-state index is 5.76. The molecule has 0 amide bonds. The third kappa shape index (κ3) is 3.09. The molecule has 0 spiro atoms. The molecule has 0 saturated carbocycles. The summed E-state index contributed by atoms with van der Waals surface area (Å²) in [6, 6.07) is 18.0. The molecule has 0 atom stereocenters. The average molecular weight is 311 g/mol. The van der Waals surface area contributed by atoms with E-state index in [2.05, 4.69) is 41.4 Å². The van der Waals surface area contributed by atoms with E-state index in [-0.39, 0.29) is 0 Å². The van der Waals surface area contributed by atoms with Crippen LogP contribution < -0.4 is 4.74 Å². The lowest BCUT2D eigenvalue weighted by molar-refractivity contribution is 0.293. The van der Waals surface area contributed by atoms with E-state index in [9.17, 15) is 0 Å². The van der Waals surface area contributed by atoms with E-state index in [0.29, 0.717) is 11.4 Å². The molecular weight excluding hydrogens is 294 g/mol. The van der Waals surface area contributed by atoms with E-state index >= 15 is 0 Å². The summed E-state index contributed by atoms with van der Waals surface area (Å²) < 4.78 is 8.23. The van der Waals surface area contributed by atoms with Crippen molar-refractivity contribution in [3.8, 4) is 11.4 Å². The molecule has 0 aliphatic carbocycles. The zero-order chi connectivity index (χ0) is 15.4. The Bertz CT molecular complexity index is 791. The molecule has 0 saturated heterocycles. The van der Waals surface area contributed by atoms with E-state index in [1.165, 1.54) is 5.56 Å². The van der Waals surface area contributed by atoms with Crippen molar-refractivity contribution >= 4 is 12.2 Å². The lowest BCUT2D eigenvalue weighted by Gasteiger charge is -2.09. The molecule has 0 aliphatic heterocycles. The molecule has 4 nitrogen and oxygen atoms in total. The van der Waals surface area contributed by atoms with Crippen molar-refractivity contribution in [2.45, 2.75) is 20.0 Å². The maximum Gasteiger partial charge on any atom is 0.199 e. The van der Waals surface area contributed by atoms with Gasteiger partial charge in [0.25, 0.3) is 0 Å². The van der Waals surface area contributed by atoms with Crippen LogP contribution in [-0.2, 0) is 13.0 Å². The first-order chi connectivity index (χ1) is 10.8. The van der Waals surface area contributed by atoms with Gasteiger partial charge < -0.3 is 4.74 Å². The second-order valence-electron chi connectivity index (χ2n) is 4.90. The maximum atomic E-state index is 5.76. The Kier molecular flexibility index (Phi) is 4.34. The summed E-state index contributed by atoms with van der Waals surface area (Å²) in [6.45, 7) is 2.49. The molecule has 0 unspecified atom stereocenters. The second kappa shape index (κ2) is 6.58. The van der Waals surface area contributed by atoms with Gasteiger partial charge in [-0.2, -0.15) is 5.10 Å². The van der Waals surface area contributed by atoms with Gasteiger partial charge in [0.1, 0.15) is 12.4 Å². The Balaban J connectivity index is 1.85. The van der Waals surface area contributed by atoms with Crippen molar-refractivity contribution in [2.75, 3.05) is 0 Å². The molecule has 112 valence electrons. The van der Waals surface area contributed by atoms with Crippen molar-refractivity contribution < 1.29 is 4.74 Å². The SMILES string of the molecule is CCc1ccc(-n2c(COc3ccccc3)n[nH]c2=S)cc1. The molecule has 1 aromatic heterocycles. The fourth-order valence-electron chi connectivity index (χ4n) is 2.24. The number of rotatable bonds is 5. The first kappa shape index (κ1) is 14.5. The summed E-state index contributed by atoms with van der Waals surface area (Å²) in [7, 11) is 0. The van der Waals surface area contributed by atoms with Crippen LogP contribution in [0.25, 0.3) is 5.69 Å². The Morgan fingerprint density at radius 3 is 2.50 bits per heavy atom. The van der Waals surface area contributed by atoms with Crippen LogP contribution in [0.15, 0.2) is 54.6 Å². The summed E-state index contributed by atoms with van der Waals surface area (Å²) in [5.41, 5.74) is 2.28. The van der Waals surface area contributed by atoms with Crippen LogP contribution in [0.3, 0.4) is 0 Å². The smallest absolute Gasteiger partial charge is 0.199 e. The van der Waals surface area contributed by atoms with Crippen LogP contribution in [0.2, 0.25) is 0 Å². The third-order valence-electron chi connectivity index (χ3n) is 3.46. The van der Waals surface area contributed by atoms with Crippen LogP contribution in [0.1, 0.15) is 18.3 Å². The summed E-state index contributed by atoms with van der Waals surface area (Å²) in [6.07, 6.45) is 1.01.